The van der Waals surface area contributed by atoms with Gasteiger partial charge in [-0.3, -0.25) is 14.5 Å². The number of halogens is 1. The van der Waals surface area contributed by atoms with Crippen LogP contribution in [-0.2, 0) is 14.8 Å². The molecule has 0 aliphatic rings. The first-order chi connectivity index (χ1) is 13.8. The summed E-state index contributed by atoms with van der Waals surface area (Å²) in [5.41, 5.74) is 0.792. The molecule has 1 atom stereocenters. The molecule has 150 valence electrons. The van der Waals surface area contributed by atoms with Gasteiger partial charge in [-0.2, -0.15) is 0 Å². The molecule has 0 aliphatic heterocycles. The second-order valence-electron chi connectivity index (χ2n) is 6.05. The molecule has 0 radical (unpaired) electrons. The third-order valence-electron chi connectivity index (χ3n) is 3.86. The third kappa shape index (κ3) is 5.46. The summed E-state index contributed by atoms with van der Waals surface area (Å²) in [6.07, 6.45) is 2.16. The number of nitrogens with one attached hydrogen (secondary N) is 2. The summed E-state index contributed by atoms with van der Waals surface area (Å²) >= 11 is 6.03. The van der Waals surface area contributed by atoms with Crippen LogP contribution in [0.2, 0.25) is 5.02 Å². The first-order valence-electron chi connectivity index (χ1n) is 8.60. The predicted molar refractivity (Wildman–Crippen MR) is 112 cm³/mol. The lowest BCUT2D eigenvalue weighted by Gasteiger charge is -2.15. The van der Waals surface area contributed by atoms with E-state index in [1.165, 1.54) is 30.5 Å². The van der Waals surface area contributed by atoms with Gasteiger partial charge in [-0.25, -0.2) is 8.42 Å². The van der Waals surface area contributed by atoms with Gasteiger partial charge >= 0.3 is 0 Å². The SMILES string of the molecule is C[C@@H](Oc1ccccc1Cl)C(=O)Nc1ccc(S(=O)(=O)Nc2cccnc2)cc1. The third-order valence-corrected chi connectivity index (χ3v) is 5.56. The van der Waals surface area contributed by atoms with E-state index in [0.717, 1.165) is 0 Å². The lowest BCUT2D eigenvalue weighted by Crippen LogP contribution is -2.30. The van der Waals surface area contributed by atoms with Crippen molar-refractivity contribution in [1.82, 2.24) is 4.98 Å². The first kappa shape index (κ1) is 20.6. The number of sulfonamides is 1. The minimum absolute atomic E-state index is 0.0553. The number of pyridine rings is 1. The summed E-state index contributed by atoms with van der Waals surface area (Å²) < 4.78 is 32.8. The van der Waals surface area contributed by atoms with E-state index < -0.39 is 22.0 Å². The molecule has 0 saturated heterocycles. The predicted octanol–water partition coefficient (Wildman–Crippen LogP) is 3.94. The second kappa shape index (κ2) is 8.93. The average molecular weight is 432 g/mol. The Bertz CT molecular complexity index is 1090. The smallest absolute Gasteiger partial charge is 0.265 e. The van der Waals surface area contributed by atoms with Crippen molar-refractivity contribution in [3.8, 4) is 5.75 Å². The van der Waals surface area contributed by atoms with Gasteiger partial charge in [-0.15, -0.1) is 0 Å². The maximum atomic E-state index is 12.4. The number of benzene rings is 2. The van der Waals surface area contributed by atoms with Crippen LogP contribution in [0, 0.1) is 0 Å². The molecule has 29 heavy (non-hydrogen) atoms. The van der Waals surface area contributed by atoms with Crippen molar-refractivity contribution in [3.63, 3.8) is 0 Å². The number of carbonyl (C=O) groups excluding carboxylic acids is 1. The zero-order chi connectivity index (χ0) is 20.9. The minimum atomic E-state index is -3.76. The van der Waals surface area contributed by atoms with E-state index in [2.05, 4.69) is 15.0 Å². The van der Waals surface area contributed by atoms with Gasteiger partial charge in [0, 0.05) is 11.9 Å². The number of hydrogen-bond acceptors (Lipinski definition) is 5. The molecule has 3 rings (SSSR count). The van der Waals surface area contributed by atoms with Crippen LogP contribution in [0.4, 0.5) is 11.4 Å². The molecular weight excluding hydrogens is 414 g/mol. The number of rotatable bonds is 7. The number of hydrogen-bond donors (Lipinski definition) is 2. The maximum absolute atomic E-state index is 12.4. The lowest BCUT2D eigenvalue weighted by atomic mass is 10.3. The van der Waals surface area contributed by atoms with Crippen molar-refractivity contribution in [2.24, 2.45) is 0 Å². The van der Waals surface area contributed by atoms with Crippen molar-refractivity contribution in [3.05, 3.63) is 78.1 Å². The maximum Gasteiger partial charge on any atom is 0.265 e. The second-order valence-corrected chi connectivity index (χ2v) is 8.14. The summed E-state index contributed by atoms with van der Waals surface area (Å²) in [6, 6.07) is 15.9. The molecule has 7 nitrogen and oxygen atoms in total. The van der Waals surface area contributed by atoms with Gasteiger partial charge in [-0.1, -0.05) is 23.7 Å². The van der Waals surface area contributed by atoms with E-state index in [1.807, 2.05) is 0 Å². The van der Waals surface area contributed by atoms with Crippen molar-refractivity contribution in [2.45, 2.75) is 17.9 Å². The summed E-state index contributed by atoms with van der Waals surface area (Å²) in [5, 5.41) is 3.08. The Morgan fingerprint density at radius 2 is 1.76 bits per heavy atom. The summed E-state index contributed by atoms with van der Waals surface area (Å²) in [7, 11) is -3.76. The fraction of sp³-hybridized carbons (Fsp3) is 0.100. The Morgan fingerprint density at radius 1 is 1.03 bits per heavy atom. The van der Waals surface area contributed by atoms with E-state index in [1.54, 1.807) is 49.5 Å². The van der Waals surface area contributed by atoms with E-state index in [9.17, 15) is 13.2 Å². The number of anilines is 2. The Morgan fingerprint density at radius 3 is 2.41 bits per heavy atom. The molecule has 2 N–H and O–H groups in total. The minimum Gasteiger partial charge on any atom is -0.479 e. The van der Waals surface area contributed by atoms with Crippen LogP contribution in [-0.4, -0.2) is 25.4 Å². The Hall–Kier alpha value is -3.10. The molecule has 0 fully saturated rings. The Labute approximate surface area is 173 Å². The Kier molecular flexibility index (Phi) is 6.36. The first-order valence-corrected chi connectivity index (χ1v) is 10.5. The van der Waals surface area contributed by atoms with Gasteiger partial charge in [0.25, 0.3) is 15.9 Å². The van der Waals surface area contributed by atoms with E-state index in [-0.39, 0.29) is 4.90 Å². The molecular formula is C20H18ClN3O4S. The van der Waals surface area contributed by atoms with Crippen molar-refractivity contribution in [1.29, 1.82) is 0 Å². The van der Waals surface area contributed by atoms with Crippen molar-refractivity contribution >= 4 is 38.9 Å². The number of nitrogens with zero attached hydrogens (tertiary/aromatic N) is 1. The molecule has 1 heterocycles. The zero-order valence-corrected chi connectivity index (χ0v) is 16.9. The molecule has 2 aromatic carbocycles. The summed E-state index contributed by atoms with van der Waals surface area (Å²) in [4.78, 5) is 16.3. The van der Waals surface area contributed by atoms with Crippen LogP contribution >= 0.6 is 11.6 Å². The van der Waals surface area contributed by atoms with Gasteiger partial charge in [-0.05, 0) is 55.5 Å². The number of aromatic nitrogens is 1. The summed E-state index contributed by atoms with van der Waals surface area (Å²) in [5.74, 6) is 0.00810. The molecule has 0 unspecified atom stereocenters. The molecule has 1 amide bonds. The number of para-hydroxylation sites is 1. The topological polar surface area (TPSA) is 97.4 Å². The van der Waals surface area contributed by atoms with Crippen molar-refractivity contribution in [2.75, 3.05) is 10.0 Å². The van der Waals surface area contributed by atoms with Crippen LogP contribution < -0.4 is 14.8 Å². The molecule has 9 heteroatoms. The molecule has 3 aromatic rings. The Balaban J connectivity index is 1.64. The summed E-state index contributed by atoms with van der Waals surface area (Å²) in [6.45, 7) is 1.59. The van der Waals surface area contributed by atoms with Crippen LogP contribution in [0.25, 0.3) is 0 Å². The normalized spacial score (nSPS) is 12.1. The van der Waals surface area contributed by atoms with Gasteiger partial charge in [0.15, 0.2) is 6.10 Å². The van der Waals surface area contributed by atoms with Gasteiger partial charge in [0.2, 0.25) is 0 Å². The van der Waals surface area contributed by atoms with E-state index in [0.29, 0.717) is 22.1 Å². The van der Waals surface area contributed by atoms with E-state index in [4.69, 9.17) is 16.3 Å². The fourth-order valence-electron chi connectivity index (χ4n) is 2.38. The largest absolute Gasteiger partial charge is 0.479 e. The van der Waals surface area contributed by atoms with Gasteiger partial charge in [0.1, 0.15) is 5.75 Å². The highest BCUT2D eigenvalue weighted by Crippen LogP contribution is 2.24. The standard InChI is InChI=1S/C20H18ClN3O4S/c1-14(28-19-7-3-2-6-18(19)21)20(25)23-15-8-10-17(11-9-15)29(26,27)24-16-5-4-12-22-13-16/h2-14,24H,1H3,(H,23,25)/t14-/m1/s1. The highest BCUT2D eigenvalue weighted by Gasteiger charge is 2.18. The molecule has 0 saturated carbocycles. The molecule has 0 aliphatic carbocycles. The van der Waals surface area contributed by atoms with Gasteiger partial charge < -0.3 is 10.1 Å². The molecule has 1 aromatic heterocycles. The molecule has 0 bridgehead atoms. The number of amides is 1. The fourth-order valence-corrected chi connectivity index (χ4v) is 3.61. The van der Waals surface area contributed by atoms with Crippen LogP contribution in [0.3, 0.4) is 0 Å². The van der Waals surface area contributed by atoms with Crippen LogP contribution in [0.1, 0.15) is 6.92 Å². The van der Waals surface area contributed by atoms with Crippen LogP contribution in [0.5, 0.6) is 5.75 Å². The van der Waals surface area contributed by atoms with Crippen LogP contribution in [0.15, 0.2) is 78.0 Å². The monoisotopic (exact) mass is 431 g/mol. The highest BCUT2D eigenvalue weighted by atomic mass is 35.5. The zero-order valence-electron chi connectivity index (χ0n) is 15.4. The number of ether oxygens (including phenoxy) is 1. The average Bonchev–Trinajstić information content (AvgIpc) is 2.70. The highest BCUT2D eigenvalue weighted by molar-refractivity contribution is 7.92. The van der Waals surface area contributed by atoms with Crippen molar-refractivity contribution < 1.29 is 17.9 Å². The van der Waals surface area contributed by atoms with E-state index >= 15 is 0 Å². The molecule has 0 spiro atoms. The number of carbonyl (C=O) groups is 1. The lowest BCUT2D eigenvalue weighted by molar-refractivity contribution is -0.122. The van der Waals surface area contributed by atoms with Gasteiger partial charge in [0.05, 0.1) is 21.8 Å². The quantitative estimate of drug-likeness (QED) is 0.590.